The van der Waals surface area contributed by atoms with Gasteiger partial charge in [-0.1, -0.05) is 5.16 Å². The van der Waals surface area contributed by atoms with Crippen LogP contribution in [0.25, 0.3) is 11.0 Å². The number of benzene rings is 1. The molecule has 1 saturated heterocycles. The van der Waals surface area contributed by atoms with Crippen LogP contribution >= 0.6 is 0 Å². The lowest BCUT2D eigenvalue weighted by atomic mass is 10.1. The third-order valence-corrected chi connectivity index (χ3v) is 4.20. The van der Waals surface area contributed by atoms with Gasteiger partial charge < -0.3 is 19.5 Å². The number of hydrogen-bond donors (Lipinski definition) is 1. The first-order valence-corrected chi connectivity index (χ1v) is 8.35. The van der Waals surface area contributed by atoms with Crippen molar-refractivity contribution in [2.24, 2.45) is 0 Å². The van der Waals surface area contributed by atoms with Crippen molar-refractivity contribution in [3.63, 3.8) is 0 Å². The van der Waals surface area contributed by atoms with Crippen molar-refractivity contribution < 1.29 is 32.0 Å². The Kier molecular flexibility index (Phi) is 5.36. The van der Waals surface area contributed by atoms with Crippen molar-refractivity contribution in [3.8, 4) is 0 Å². The van der Waals surface area contributed by atoms with Gasteiger partial charge in [0.15, 0.2) is 17.8 Å². The summed E-state index contributed by atoms with van der Waals surface area (Å²) in [7, 11) is 0. The second-order valence-corrected chi connectivity index (χ2v) is 6.42. The van der Waals surface area contributed by atoms with Crippen LogP contribution in [0.4, 0.5) is 18.9 Å². The third-order valence-electron chi connectivity index (χ3n) is 4.20. The van der Waals surface area contributed by atoms with Gasteiger partial charge in [-0.3, -0.25) is 9.59 Å². The van der Waals surface area contributed by atoms with Gasteiger partial charge in [0.25, 0.3) is 12.3 Å². The van der Waals surface area contributed by atoms with Crippen LogP contribution in [0.5, 0.6) is 0 Å². The summed E-state index contributed by atoms with van der Waals surface area (Å²) in [6, 6.07) is 1.28. The summed E-state index contributed by atoms with van der Waals surface area (Å²) in [5, 5.41) is 5.41. The summed E-state index contributed by atoms with van der Waals surface area (Å²) in [5.74, 6) is -1.78. The third kappa shape index (κ3) is 3.75. The Morgan fingerprint density at radius 3 is 2.67 bits per heavy atom. The fourth-order valence-electron chi connectivity index (χ4n) is 3.24. The number of carbonyl (C=O) groups excluding carboxylic acids is 2. The van der Waals surface area contributed by atoms with E-state index < -0.39 is 24.7 Å². The van der Waals surface area contributed by atoms with E-state index in [9.17, 15) is 18.4 Å². The van der Waals surface area contributed by atoms with Crippen molar-refractivity contribution in [2.75, 3.05) is 24.5 Å². The molecule has 0 unspecified atom stereocenters. The van der Waals surface area contributed by atoms with Gasteiger partial charge >= 0.3 is 0 Å². The Morgan fingerprint density at radius 1 is 1.41 bits per heavy atom. The van der Waals surface area contributed by atoms with Crippen molar-refractivity contribution >= 4 is 28.8 Å². The van der Waals surface area contributed by atoms with Crippen molar-refractivity contribution in [1.82, 2.24) is 10.5 Å². The molecule has 1 aromatic carbocycles. The van der Waals surface area contributed by atoms with Crippen LogP contribution in [0.2, 0.25) is 0 Å². The number of aldehydes is 1. The van der Waals surface area contributed by atoms with E-state index >= 15 is 4.39 Å². The first-order valence-electron chi connectivity index (χ1n) is 8.35. The average molecular weight is 385 g/mol. The van der Waals surface area contributed by atoms with Gasteiger partial charge in [-0.05, 0) is 19.9 Å². The number of halogens is 3. The van der Waals surface area contributed by atoms with E-state index in [0.717, 1.165) is 0 Å². The van der Waals surface area contributed by atoms with Crippen molar-refractivity contribution in [3.05, 3.63) is 23.1 Å². The van der Waals surface area contributed by atoms with Gasteiger partial charge in [0.1, 0.15) is 0 Å². The molecule has 1 aliphatic rings. The number of ether oxygens (including phenoxy) is 1. The number of morpholine rings is 1. The van der Waals surface area contributed by atoms with Crippen LogP contribution in [0, 0.1) is 5.82 Å². The summed E-state index contributed by atoms with van der Waals surface area (Å²) in [6.07, 6.45) is -2.62. The van der Waals surface area contributed by atoms with Gasteiger partial charge in [0, 0.05) is 18.7 Å². The van der Waals surface area contributed by atoms with Crippen molar-refractivity contribution in [2.45, 2.75) is 32.5 Å². The molecule has 0 saturated carbocycles. The molecule has 1 fully saturated rings. The second kappa shape index (κ2) is 7.55. The maximum absolute atomic E-state index is 15.1. The molecule has 1 amide bonds. The monoisotopic (exact) mass is 385 g/mol. The normalized spacial score (nSPS) is 20.3. The minimum Gasteiger partial charge on any atom is -0.372 e. The minimum absolute atomic E-state index is 0.00686. The Morgan fingerprint density at radius 2 is 2.07 bits per heavy atom. The fourth-order valence-corrected chi connectivity index (χ4v) is 3.24. The molecule has 0 bridgehead atoms. The van der Waals surface area contributed by atoms with E-state index in [2.05, 4.69) is 5.16 Å². The molecule has 146 valence electrons. The summed E-state index contributed by atoms with van der Waals surface area (Å²) < 4.78 is 50.2. The largest absolute Gasteiger partial charge is 0.372 e. The molecular formula is C17H18F3N3O4. The van der Waals surface area contributed by atoms with Crippen LogP contribution in [0.15, 0.2) is 10.6 Å². The van der Waals surface area contributed by atoms with E-state index in [-0.39, 0.29) is 40.1 Å². The summed E-state index contributed by atoms with van der Waals surface area (Å²) in [4.78, 5) is 25.3. The van der Waals surface area contributed by atoms with E-state index in [1.54, 1.807) is 4.90 Å². The zero-order chi connectivity index (χ0) is 19.7. The van der Waals surface area contributed by atoms with Crippen LogP contribution in [-0.2, 0) is 4.74 Å². The first-order chi connectivity index (χ1) is 12.8. The van der Waals surface area contributed by atoms with Crippen LogP contribution in [0.3, 0.4) is 0 Å². The Hall–Kier alpha value is -2.62. The average Bonchev–Trinajstić information content (AvgIpc) is 3.02. The number of aromatic nitrogens is 1. The number of hydrogen-bond acceptors (Lipinski definition) is 6. The number of amides is 1. The van der Waals surface area contributed by atoms with E-state index in [4.69, 9.17) is 9.26 Å². The number of rotatable bonds is 5. The van der Waals surface area contributed by atoms with Gasteiger partial charge in [0.2, 0.25) is 5.58 Å². The summed E-state index contributed by atoms with van der Waals surface area (Å²) in [6.45, 7) is 3.52. The number of anilines is 1. The van der Waals surface area contributed by atoms with Crippen molar-refractivity contribution in [1.29, 1.82) is 0 Å². The molecule has 7 nitrogen and oxygen atoms in total. The van der Waals surface area contributed by atoms with Crippen LogP contribution in [0.1, 0.15) is 34.7 Å². The summed E-state index contributed by atoms with van der Waals surface area (Å²) >= 11 is 0. The summed E-state index contributed by atoms with van der Waals surface area (Å²) in [5.41, 5.74) is -0.630. The van der Waals surface area contributed by atoms with Crippen LogP contribution < -0.4 is 10.2 Å². The number of nitrogens with zero attached hydrogens (tertiary/aromatic N) is 2. The zero-order valence-electron chi connectivity index (χ0n) is 14.7. The quantitative estimate of drug-likeness (QED) is 0.796. The number of nitrogens with one attached hydrogen (secondary N) is 1. The number of alkyl halides is 2. The molecule has 1 aliphatic heterocycles. The first kappa shape index (κ1) is 19.2. The molecule has 2 atom stereocenters. The van der Waals surface area contributed by atoms with E-state index in [1.807, 2.05) is 19.2 Å². The lowest BCUT2D eigenvalue weighted by molar-refractivity contribution is -0.00543. The highest BCUT2D eigenvalue weighted by molar-refractivity contribution is 6.06. The fraction of sp³-hybridized carbons (Fsp3) is 0.471. The predicted molar refractivity (Wildman–Crippen MR) is 89.9 cm³/mol. The Bertz CT molecular complexity index is 861. The SMILES string of the molecule is C[C@@H]1CN(c2c(C=O)cc3c(C(=O)NCC(F)F)noc3c2F)C[C@@H](C)O1. The number of carbonyl (C=O) groups is 2. The van der Waals surface area contributed by atoms with Gasteiger partial charge in [0.05, 0.1) is 29.8 Å². The van der Waals surface area contributed by atoms with Crippen LogP contribution in [-0.4, -0.2) is 55.6 Å². The van der Waals surface area contributed by atoms with E-state index in [1.165, 1.54) is 6.07 Å². The lowest BCUT2D eigenvalue weighted by Crippen LogP contribution is -2.46. The molecule has 2 heterocycles. The highest BCUT2D eigenvalue weighted by Gasteiger charge is 2.30. The highest BCUT2D eigenvalue weighted by Crippen LogP contribution is 2.34. The molecule has 1 aromatic heterocycles. The Balaban J connectivity index is 2.04. The molecule has 3 rings (SSSR count). The highest BCUT2D eigenvalue weighted by atomic mass is 19.3. The lowest BCUT2D eigenvalue weighted by Gasteiger charge is -2.37. The molecule has 10 heteroatoms. The predicted octanol–water partition coefficient (Wildman–Crippen LogP) is 2.39. The van der Waals surface area contributed by atoms with Gasteiger partial charge in [-0.25, -0.2) is 13.2 Å². The maximum Gasteiger partial charge on any atom is 0.274 e. The minimum atomic E-state index is -2.74. The molecule has 0 aliphatic carbocycles. The zero-order valence-corrected chi connectivity index (χ0v) is 14.7. The van der Waals surface area contributed by atoms with Gasteiger partial charge in [-0.15, -0.1) is 0 Å². The molecule has 27 heavy (non-hydrogen) atoms. The molecular weight excluding hydrogens is 367 g/mol. The van der Waals surface area contributed by atoms with Gasteiger partial charge in [-0.2, -0.15) is 0 Å². The second-order valence-electron chi connectivity index (χ2n) is 6.42. The standard InChI is InChI=1S/C17H18F3N3O4/c1-8-5-23(6-9(2)26-8)15-10(7-24)3-11-14(17(25)21-4-12(18)19)22-27-16(11)13(15)20/h3,7-9,12H,4-6H2,1-2H3,(H,21,25)/t8-,9-/m1/s1. The topological polar surface area (TPSA) is 84.7 Å². The van der Waals surface area contributed by atoms with E-state index in [0.29, 0.717) is 19.4 Å². The Labute approximate surface area is 152 Å². The maximum atomic E-state index is 15.1. The molecule has 0 radical (unpaired) electrons. The molecule has 0 spiro atoms. The molecule has 1 N–H and O–H groups in total. The smallest absolute Gasteiger partial charge is 0.274 e. The number of fused-ring (bicyclic) bond motifs is 1. The molecule has 2 aromatic rings.